The quantitative estimate of drug-likeness (QED) is 0.747. The van der Waals surface area contributed by atoms with E-state index >= 15 is 0 Å². The molecule has 4 rings (SSSR count). The van der Waals surface area contributed by atoms with Crippen molar-refractivity contribution >= 4 is 18.2 Å². The first-order valence-corrected chi connectivity index (χ1v) is 5.82. The Morgan fingerprint density at radius 3 is 2.76 bits per heavy atom. The van der Waals surface area contributed by atoms with Gasteiger partial charge in [-0.05, 0) is 31.4 Å². The van der Waals surface area contributed by atoms with E-state index in [9.17, 15) is 4.79 Å². The molecule has 3 fully saturated rings. The molecule has 3 aliphatic carbocycles. The Hall–Kier alpha value is -1.67. The van der Waals surface area contributed by atoms with Crippen LogP contribution in [0.25, 0.3) is 0 Å². The highest BCUT2D eigenvalue weighted by molar-refractivity contribution is 7.71. The second kappa shape index (κ2) is 3.17. The Morgan fingerprint density at radius 2 is 2.18 bits per heavy atom. The molecule has 0 radical (unpaired) electrons. The van der Waals surface area contributed by atoms with E-state index in [1.165, 1.54) is 4.73 Å². The van der Waals surface area contributed by atoms with Crippen molar-refractivity contribution in [2.45, 2.75) is 19.3 Å². The van der Waals surface area contributed by atoms with Gasteiger partial charge in [-0.1, -0.05) is 18.3 Å². The maximum atomic E-state index is 12.0. The van der Waals surface area contributed by atoms with E-state index in [-0.39, 0.29) is 11.4 Å². The smallest absolute Gasteiger partial charge is 0.335 e. The van der Waals surface area contributed by atoms with Crippen molar-refractivity contribution in [1.29, 1.82) is 5.26 Å². The third-order valence-corrected chi connectivity index (χ3v) is 3.99. The number of pyridine rings is 1. The number of hydrogen-bond donors (Lipinski definition) is 0. The lowest BCUT2D eigenvalue weighted by molar-refractivity contribution is -0.209. The van der Waals surface area contributed by atoms with Crippen LogP contribution in [-0.4, -0.2) is 10.7 Å². The summed E-state index contributed by atoms with van der Waals surface area (Å²) in [6, 6.07) is 7.50. The van der Waals surface area contributed by atoms with Crippen LogP contribution in [0.15, 0.2) is 24.4 Å². The Balaban J connectivity index is 1.73. The molecule has 0 saturated heterocycles. The van der Waals surface area contributed by atoms with Crippen molar-refractivity contribution < 1.29 is 9.63 Å². The third kappa shape index (κ3) is 1.34. The molecule has 3 aliphatic rings. The second-order valence-electron chi connectivity index (χ2n) is 4.95. The predicted molar refractivity (Wildman–Crippen MR) is 61.2 cm³/mol. The molecule has 0 N–H and O–H groups in total. The van der Waals surface area contributed by atoms with Crippen LogP contribution in [0.3, 0.4) is 0 Å². The molecule has 2 bridgehead atoms. The van der Waals surface area contributed by atoms with Crippen LogP contribution >= 0.6 is 12.2 Å². The summed E-state index contributed by atoms with van der Waals surface area (Å²) in [4.78, 5) is 17.2. The number of rotatable bonds is 2. The molecule has 0 atom stereocenters. The van der Waals surface area contributed by atoms with E-state index in [1.54, 1.807) is 24.4 Å². The lowest BCUT2D eigenvalue weighted by Gasteiger charge is -2.64. The average molecular weight is 246 g/mol. The average Bonchev–Trinajstić information content (AvgIpc) is 2.18. The molecule has 86 valence electrons. The van der Waals surface area contributed by atoms with E-state index < -0.39 is 5.41 Å². The van der Waals surface area contributed by atoms with Crippen LogP contribution < -0.4 is 4.84 Å². The highest BCUT2D eigenvalue weighted by Gasteiger charge is 2.73. The fraction of sp³-hybridized carbons (Fsp3) is 0.417. The van der Waals surface area contributed by atoms with Gasteiger partial charge < -0.3 is 4.84 Å². The first kappa shape index (κ1) is 10.5. The molecule has 3 saturated carbocycles. The first-order chi connectivity index (χ1) is 8.09. The number of carbonyl (C=O) groups excluding carboxylic acids is 1. The predicted octanol–water partition coefficient (Wildman–Crippen LogP) is 1.87. The van der Waals surface area contributed by atoms with Crippen molar-refractivity contribution in [3.63, 3.8) is 0 Å². The number of nitriles is 1. The van der Waals surface area contributed by atoms with E-state index in [1.807, 2.05) is 0 Å². The number of nitrogens with zero attached hydrogens (tertiary/aromatic N) is 2. The third-order valence-electron chi connectivity index (χ3n) is 3.67. The minimum atomic E-state index is -0.416. The minimum Gasteiger partial charge on any atom is -0.335 e. The molecule has 5 heteroatoms. The molecular weight excluding hydrogens is 236 g/mol. The van der Waals surface area contributed by atoms with Crippen LogP contribution in [0.4, 0.5) is 0 Å². The zero-order valence-electron chi connectivity index (χ0n) is 9.05. The monoisotopic (exact) mass is 246 g/mol. The maximum absolute atomic E-state index is 12.0. The molecule has 4 nitrogen and oxygen atoms in total. The van der Waals surface area contributed by atoms with Crippen LogP contribution in [-0.2, 0) is 4.79 Å². The largest absolute Gasteiger partial charge is 0.339 e. The van der Waals surface area contributed by atoms with Crippen molar-refractivity contribution in [2.75, 3.05) is 0 Å². The molecule has 1 aromatic rings. The summed E-state index contributed by atoms with van der Waals surface area (Å²) >= 11 is 5.04. The Morgan fingerprint density at radius 1 is 1.47 bits per heavy atom. The van der Waals surface area contributed by atoms with Gasteiger partial charge in [-0.3, -0.25) is 0 Å². The highest BCUT2D eigenvalue weighted by Crippen LogP contribution is 2.73. The molecule has 0 amide bonds. The minimum absolute atomic E-state index is 0.239. The Labute approximate surface area is 103 Å². The summed E-state index contributed by atoms with van der Waals surface area (Å²) in [5.74, 6) is -0.267. The van der Waals surface area contributed by atoms with Crippen molar-refractivity contribution in [3.8, 4) is 6.07 Å². The number of aromatic nitrogens is 1. The highest BCUT2D eigenvalue weighted by atomic mass is 32.1. The van der Waals surface area contributed by atoms with E-state index in [4.69, 9.17) is 22.3 Å². The summed E-state index contributed by atoms with van der Waals surface area (Å²) in [7, 11) is 0. The number of carbonyl (C=O) groups is 1. The van der Waals surface area contributed by atoms with Crippen LogP contribution in [0.5, 0.6) is 0 Å². The van der Waals surface area contributed by atoms with E-state index in [2.05, 4.69) is 6.07 Å². The van der Waals surface area contributed by atoms with Crippen LogP contribution in [0.2, 0.25) is 0 Å². The molecule has 1 aromatic heterocycles. The fourth-order valence-corrected chi connectivity index (χ4v) is 2.97. The maximum Gasteiger partial charge on any atom is 0.339 e. The van der Waals surface area contributed by atoms with Gasteiger partial charge in [-0.15, -0.1) is 0 Å². The second-order valence-corrected chi connectivity index (χ2v) is 5.36. The Bertz CT molecular complexity index is 579. The van der Waals surface area contributed by atoms with Gasteiger partial charge >= 0.3 is 5.97 Å². The molecule has 0 unspecified atom stereocenters. The molecule has 17 heavy (non-hydrogen) atoms. The summed E-state index contributed by atoms with van der Waals surface area (Å²) in [5, 5.41) is 8.89. The van der Waals surface area contributed by atoms with Gasteiger partial charge in [0.1, 0.15) is 4.64 Å². The van der Waals surface area contributed by atoms with Gasteiger partial charge in [0.05, 0.1) is 16.9 Å². The lowest BCUT2D eigenvalue weighted by Crippen LogP contribution is -2.66. The summed E-state index contributed by atoms with van der Waals surface area (Å²) in [5.41, 5.74) is -0.655. The summed E-state index contributed by atoms with van der Waals surface area (Å²) in [6.45, 7) is 0. The SMILES string of the molecule is N#CC12CC(C(=O)On3ccccc3=S)(C1)C2. The lowest BCUT2D eigenvalue weighted by atomic mass is 9.36. The van der Waals surface area contributed by atoms with Gasteiger partial charge in [0.25, 0.3) is 0 Å². The van der Waals surface area contributed by atoms with Gasteiger partial charge in [-0.25, -0.2) is 4.79 Å². The summed E-state index contributed by atoms with van der Waals surface area (Å²) in [6.07, 6.45) is 3.52. The molecule has 1 heterocycles. The van der Waals surface area contributed by atoms with Crippen LogP contribution in [0.1, 0.15) is 19.3 Å². The van der Waals surface area contributed by atoms with Gasteiger partial charge in [-0.2, -0.15) is 9.99 Å². The van der Waals surface area contributed by atoms with Gasteiger partial charge in [0.15, 0.2) is 0 Å². The van der Waals surface area contributed by atoms with Crippen molar-refractivity contribution in [3.05, 3.63) is 29.0 Å². The van der Waals surface area contributed by atoms with Crippen molar-refractivity contribution in [2.24, 2.45) is 10.8 Å². The van der Waals surface area contributed by atoms with E-state index in [0.29, 0.717) is 23.9 Å². The van der Waals surface area contributed by atoms with Crippen molar-refractivity contribution in [1.82, 2.24) is 4.73 Å². The molecule has 0 aromatic carbocycles. The van der Waals surface area contributed by atoms with Gasteiger partial charge in [0.2, 0.25) is 0 Å². The fourth-order valence-electron chi connectivity index (χ4n) is 2.80. The topological polar surface area (TPSA) is 55.0 Å². The summed E-state index contributed by atoms with van der Waals surface area (Å²) < 4.78 is 1.76. The first-order valence-electron chi connectivity index (χ1n) is 5.41. The standard InChI is InChI=1S/C12H10N2O2S/c13-8-11-5-12(6-11,7-11)10(15)16-14-4-2-1-3-9(14)17/h1-4H,5-7H2. The molecular formula is C12H10N2O2S. The zero-order valence-corrected chi connectivity index (χ0v) is 9.87. The van der Waals surface area contributed by atoms with Crippen LogP contribution in [0, 0.1) is 26.8 Å². The zero-order chi connectivity index (χ0) is 12.1. The number of hydrogen-bond acceptors (Lipinski definition) is 4. The normalized spacial score (nSPS) is 32.9. The van der Waals surface area contributed by atoms with Gasteiger partial charge in [0, 0.05) is 6.20 Å². The molecule has 0 spiro atoms. The molecule has 0 aliphatic heterocycles. The van der Waals surface area contributed by atoms with E-state index in [0.717, 1.165) is 0 Å². The Kier molecular flexibility index (Phi) is 1.96.